The molecule has 3 fully saturated rings. The van der Waals surface area contributed by atoms with Crippen molar-refractivity contribution in [2.24, 2.45) is 0 Å². The molecule has 1 aromatic rings. The molecule has 4 heterocycles. The number of amides is 1. The third-order valence-electron chi connectivity index (χ3n) is 4.81. The zero-order valence-electron chi connectivity index (χ0n) is 14.4. The number of carbonyl (C=O) groups excluding carboxylic acids is 1. The number of nitrogens with one attached hydrogen (secondary N) is 1. The molecule has 0 spiro atoms. The van der Waals surface area contributed by atoms with Crippen LogP contribution in [-0.2, 0) is 20.8 Å². The molecule has 0 aromatic carbocycles. The summed E-state index contributed by atoms with van der Waals surface area (Å²) in [6.45, 7) is 3.27. The summed E-state index contributed by atoms with van der Waals surface area (Å²) in [5.74, 6) is 0.850. The van der Waals surface area contributed by atoms with E-state index < -0.39 is 6.10 Å². The topological polar surface area (TPSA) is 121 Å². The monoisotopic (exact) mass is 368 g/mol. The summed E-state index contributed by atoms with van der Waals surface area (Å²) in [6.07, 6.45) is 1.21. The van der Waals surface area contributed by atoms with E-state index in [9.17, 15) is 9.90 Å². The number of rotatable bonds is 4. The van der Waals surface area contributed by atoms with Crippen molar-refractivity contribution in [2.45, 2.75) is 43.7 Å². The Balaban J connectivity index is 0.000000613. The van der Waals surface area contributed by atoms with Crippen molar-refractivity contribution in [3.8, 4) is 0 Å². The zero-order chi connectivity index (χ0) is 18.5. The molecule has 0 radical (unpaired) electrons. The van der Waals surface area contributed by atoms with Crippen LogP contribution in [0.2, 0.25) is 0 Å². The summed E-state index contributed by atoms with van der Waals surface area (Å²) in [5.41, 5.74) is 0. The highest BCUT2D eigenvalue weighted by Gasteiger charge is 2.47. The average Bonchev–Trinajstić information content (AvgIpc) is 3.38. The summed E-state index contributed by atoms with van der Waals surface area (Å²) in [7, 11) is 0. The molecular formula is C17H24N2O7. The number of carbonyl (C=O) groups is 2. The minimum Gasteiger partial charge on any atom is -0.483 e. The molecule has 1 amide bonds. The van der Waals surface area contributed by atoms with E-state index in [2.05, 4.69) is 10.2 Å². The van der Waals surface area contributed by atoms with Crippen LogP contribution >= 0.6 is 0 Å². The molecule has 3 N–H and O–H groups in total. The van der Waals surface area contributed by atoms with Crippen LogP contribution in [0.4, 0.5) is 0 Å². The lowest BCUT2D eigenvalue weighted by molar-refractivity contribution is -0.122. The zero-order valence-corrected chi connectivity index (χ0v) is 14.4. The van der Waals surface area contributed by atoms with Gasteiger partial charge in [0.15, 0.2) is 5.76 Å². The van der Waals surface area contributed by atoms with Gasteiger partial charge in [-0.1, -0.05) is 0 Å². The molecule has 4 atom stereocenters. The summed E-state index contributed by atoms with van der Waals surface area (Å²) in [4.78, 5) is 23.0. The Morgan fingerprint density at radius 1 is 1.23 bits per heavy atom. The molecule has 3 aliphatic rings. The SMILES string of the molecule is O=C(N[C@H]1CO[C@H]2[C@@H]1OC[C@@H]2O)c1ccc(CN2CCCC2)o1.O=CO. The highest BCUT2D eigenvalue weighted by atomic mass is 16.6. The summed E-state index contributed by atoms with van der Waals surface area (Å²) < 4.78 is 16.7. The first kappa shape index (κ1) is 18.8. The number of nitrogens with zero attached hydrogens (tertiary/aromatic N) is 1. The molecule has 4 rings (SSSR count). The van der Waals surface area contributed by atoms with Gasteiger partial charge < -0.3 is 29.4 Å². The predicted octanol–water partition coefficient (Wildman–Crippen LogP) is -0.167. The molecule has 3 aliphatic heterocycles. The lowest BCUT2D eigenvalue weighted by Gasteiger charge is -2.16. The van der Waals surface area contributed by atoms with E-state index in [-0.39, 0.29) is 37.2 Å². The van der Waals surface area contributed by atoms with Crippen molar-refractivity contribution in [1.29, 1.82) is 0 Å². The highest BCUT2D eigenvalue weighted by molar-refractivity contribution is 5.91. The first-order chi connectivity index (χ1) is 12.6. The number of carboxylic acid groups (broad SMARTS) is 1. The second-order valence-corrected chi connectivity index (χ2v) is 6.60. The molecule has 0 saturated carbocycles. The Hall–Kier alpha value is -1.94. The van der Waals surface area contributed by atoms with E-state index in [0.29, 0.717) is 12.4 Å². The Morgan fingerprint density at radius 3 is 2.65 bits per heavy atom. The van der Waals surface area contributed by atoms with E-state index >= 15 is 0 Å². The van der Waals surface area contributed by atoms with Crippen LogP contribution in [0.1, 0.15) is 29.2 Å². The molecule has 26 heavy (non-hydrogen) atoms. The van der Waals surface area contributed by atoms with E-state index in [1.54, 1.807) is 6.07 Å². The minimum atomic E-state index is -0.613. The molecule has 0 unspecified atom stereocenters. The molecule has 0 bridgehead atoms. The van der Waals surface area contributed by atoms with E-state index in [1.165, 1.54) is 12.8 Å². The fourth-order valence-corrected chi connectivity index (χ4v) is 3.59. The van der Waals surface area contributed by atoms with Crippen LogP contribution in [0, 0.1) is 0 Å². The van der Waals surface area contributed by atoms with Gasteiger partial charge in [-0.3, -0.25) is 14.5 Å². The molecule has 3 saturated heterocycles. The third kappa shape index (κ3) is 4.24. The van der Waals surface area contributed by atoms with Gasteiger partial charge in [0.2, 0.25) is 0 Å². The van der Waals surface area contributed by atoms with Crippen molar-refractivity contribution in [3.63, 3.8) is 0 Å². The van der Waals surface area contributed by atoms with Gasteiger partial charge in [-0.05, 0) is 38.1 Å². The average molecular weight is 368 g/mol. The number of hydrogen-bond acceptors (Lipinski definition) is 7. The van der Waals surface area contributed by atoms with Crippen molar-refractivity contribution in [2.75, 3.05) is 26.3 Å². The van der Waals surface area contributed by atoms with Gasteiger partial charge >= 0.3 is 0 Å². The Labute approximate surface area is 150 Å². The smallest absolute Gasteiger partial charge is 0.290 e. The Kier molecular flexibility index (Phi) is 6.25. The predicted molar refractivity (Wildman–Crippen MR) is 88.7 cm³/mol. The van der Waals surface area contributed by atoms with E-state index in [4.69, 9.17) is 23.8 Å². The lowest BCUT2D eigenvalue weighted by Crippen LogP contribution is -2.44. The third-order valence-corrected chi connectivity index (χ3v) is 4.81. The Morgan fingerprint density at radius 2 is 1.92 bits per heavy atom. The maximum Gasteiger partial charge on any atom is 0.290 e. The van der Waals surface area contributed by atoms with Gasteiger partial charge in [0.05, 0.1) is 25.8 Å². The van der Waals surface area contributed by atoms with Crippen molar-refractivity contribution >= 4 is 12.4 Å². The summed E-state index contributed by atoms with van der Waals surface area (Å²) >= 11 is 0. The number of furan rings is 1. The number of aliphatic hydroxyl groups is 1. The fourth-order valence-electron chi connectivity index (χ4n) is 3.59. The normalized spacial score (nSPS) is 30.5. The van der Waals surface area contributed by atoms with Crippen LogP contribution < -0.4 is 5.32 Å². The molecule has 9 heteroatoms. The summed E-state index contributed by atoms with van der Waals surface area (Å²) in [6, 6.07) is 3.31. The molecule has 144 valence electrons. The van der Waals surface area contributed by atoms with Crippen molar-refractivity contribution in [1.82, 2.24) is 10.2 Å². The van der Waals surface area contributed by atoms with Gasteiger partial charge in [0.25, 0.3) is 12.4 Å². The standard InChI is InChI=1S/C16H22N2O5.CH2O2/c19-12-9-22-14-11(8-21-15(12)14)17-16(20)13-4-3-10(23-13)7-18-5-1-2-6-18;2-1-3/h3-4,11-12,14-15,19H,1-2,5-9H2,(H,17,20);1H,(H,2,3)/t11-,12-,14+,15+;/m0./s1. The van der Waals surface area contributed by atoms with Crippen LogP contribution in [0.15, 0.2) is 16.5 Å². The fraction of sp³-hybridized carbons (Fsp3) is 0.647. The molecular weight excluding hydrogens is 344 g/mol. The summed E-state index contributed by atoms with van der Waals surface area (Å²) in [5, 5.41) is 19.5. The largest absolute Gasteiger partial charge is 0.483 e. The van der Waals surface area contributed by atoms with Crippen molar-refractivity contribution in [3.05, 3.63) is 23.7 Å². The lowest BCUT2D eigenvalue weighted by atomic mass is 10.1. The van der Waals surface area contributed by atoms with Crippen LogP contribution in [0.5, 0.6) is 0 Å². The van der Waals surface area contributed by atoms with Gasteiger partial charge in [0, 0.05) is 0 Å². The number of aliphatic hydroxyl groups excluding tert-OH is 1. The van der Waals surface area contributed by atoms with Crippen LogP contribution in [-0.4, -0.2) is 78.1 Å². The first-order valence-electron chi connectivity index (χ1n) is 8.73. The van der Waals surface area contributed by atoms with Gasteiger partial charge in [-0.15, -0.1) is 0 Å². The van der Waals surface area contributed by atoms with Crippen LogP contribution in [0.25, 0.3) is 0 Å². The van der Waals surface area contributed by atoms with E-state index in [0.717, 1.165) is 25.4 Å². The Bertz CT molecular complexity index is 614. The molecule has 0 aliphatic carbocycles. The maximum atomic E-state index is 12.3. The van der Waals surface area contributed by atoms with Crippen molar-refractivity contribution < 1.29 is 33.7 Å². The molecule has 1 aromatic heterocycles. The minimum absolute atomic E-state index is 0.250. The number of ether oxygens (including phenoxy) is 2. The second kappa shape index (κ2) is 8.63. The van der Waals surface area contributed by atoms with E-state index in [1.807, 2.05) is 6.07 Å². The quantitative estimate of drug-likeness (QED) is 0.627. The number of fused-ring (bicyclic) bond motifs is 1. The van der Waals surface area contributed by atoms with Gasteiger partial charge in [-0.2, -0.15) is 0 Å². The number of likely N-dealkylation sites (tertiary alicyclic amines) is 1. The second-order valence-electron chi connectivity index (χ2n) is 6.60. The molecule has 9 nitrogen and oxygen atoms in total. The highest BCUT2D eigenvalue weighted by Crippen LogP contribution is 2.27. The maximum absolute atomic E-state index is 12.3. The number of hydrogen-bond donors (Lipinski definition) is 3. The van der Waals surface area contributed by atoms with Crippen LogP contribution in [0.3, 0.4) is 0 Å². The van der Waals surface area contributed by atoms with Gasteiger partial charge in [0.1, 0.15) is 24.1 Å². The van der Waals surface area contributed by atoms with Gasteiger partial charge in [-0.25, -0.2) is 0 Å². The first-order valence-corrected chi connectivity index (χ1v) is 8.73.